The van der Waals surface area contributed by atoms with Crippen LogP contribution in [0.1, 0.15) is 33.6 Å². The Morgan fingerprint density at radius 1 is 1.00 bits per heavy atom. The van der Waals surface area contributed by atoms with E-state index in [0.29, 0.717) is 5.92 Å². The lowest BCUT2D eigenvalue weighted by Gasteiger charge is -2.39. The van der Waals surface area contributed by atoms with E-state index in [9.17, 15) is 10.2 Å². The highest BCUT2D eigenvalue weighted by molar-refractivity contribution is 5.14. The number of fused-ring (bicyclic) bond motifs is 2. The predicted molar refractivity (Wildman–Crippen MR) is 46.6 cm³/mol. The molecule has 2 heteroatoms. The smallest absolute Gasteiger partial charge is 0.0626 e. The van der Waals surface area contributed by atoms with E-state index in [0.717, 1.165) is 12.8 Å². The molecule has 0 heterocycles. The molecule has 70 valence electrons. The summed E-state index contributed by atoms with van der Waals surface area (Å²) in [5.74, 6) is 0.507. The van der Waals surface area contributed by atoms with Gasteiger partial charge >= 0.3 is 0 Å². The molecule has 0 saturated heterocycles. The van der Waals surface area contributed by atoms with Gasteiger partial charge in [0.15, 0.2) is 0 Å². The third kappa shape index (κ3) is 0.647. The molecule has 2 atom stereocenters. The summed E-state index contributed by atoms with van der Waals surface area (Å²) in [7, 11) is 0. The number of aliphatic hydroxyl groups is 2. The van der Waals surface area contributed by atoms with E-state index in [-0.39, 0.29) is 23.0 Å². The molecular weight excluding hydrogens is 152 g/mol. The molecule has 0 spiro atoms. The maximum absolute atomic E-state index is 9.82. The molecule has 0 amide bonds. The lowest BCUT2D eigenvalue weighted by molar-refractivity contribution is -0.0712. The normalized spacial score (nSPS) is 56.2. The summed E-state index contributed by atoms with van der Waals surface area (Å²) in [5, 5.41) is 19.6. The molecule has 0 aliphatic heterocycles. The molecule has 0 aromatic rings. The van der Waals surface area contributed by atoms with Crippen molar-refractivity contribution < 1.29 is 10.2 Å². The van der Waals surface area contributed by atoms with Gasteiger partial charge in [-0.2, -0.15) is 0 Å². The lowest BCUT2D eigenvalue weighted by Crippen LogP contribution is -2.44. The highest BCUT2D eigenvalue weighted by Crippen LogP contribution is 2.65. The maximum atomic E-state index is 9.82. The summed E-state index contributed by atoms with van der Waals surface area (Å²) in [5.41, 5.74) is -0.163. The van der Waals surface area contributed by atoms with Crippen LogP contribution in [0.2, 0.25) is 0 Å². The molecular formula is C10H18O2. The molecule has 2 fully saturated rings. The van der Waals surface area contributed by atoms with E-state index >= 15 is 0 Å². The summed E-state index contributed by atoms with van der Waals surface area (Å²) in [6.45, 7) is 6.36. The molecule has 2 aliphatic rings. The summed E-state index contributed by atoms with van der Waals surface area (Å²) >= 11 is 0. The molecule has 2 saturated carbocycles. The van der Waals surface area contributed by atoms with Crippen molar-refractivity contribution in [2.75, 3.05) is 0 Å². The molecule has 2 bridgehead atoms. The Morgan fingerprint density at radius 2 is 1.42 bits per heavy atom. The molecule has 2 aliphatic carbocycles. The minimum absolute atomic E-state index is 0.103. The van der Waals surface area contributed by atoms with E-state index in [4.69, 9.17) is 0 Å². The van der Waals surface area contributed by atoms with Gasteiger partial charge < -0.3 is 10.2 Å². The number of hydrogen-bond donors (Lipinski definition) is 2. The Hall–Kier alpha value is -0.0800. The quantitative estimate of drug-likeness (QED) is 0.573. The third-order valence-corrected chi connectivity index (χ3v) is 4.81. The van der Waals surface area contributed by atoms with Crippen molar-refractivity contribution >= 4 is 0 Å². The lowest BCUT2D eigenvalue weighted by atomic mass is 9.69. The van der Waals surface area contributed by atoms with E-state index in [1.807, 2.05) is 6.92 Å². The summed E-state index contributed by atoms with van der Waals surface area (Å²) in [6.07, 6.45) is 1.14. The van der Waals surface area contributed by atoms with Crippen LogP contribution in [-0.2, 0) is 0 Å². The Morgan fingerprint density at radius 3 is 1.58 bits per heavy atom. The number of aliphatic hydroxyl groups excluding tert-OH is 2. The average molecular weight is 170 g/mol. The fourth-order valence-electron chi connectivity index (χ4n) is 3.23. The third-order valence-electron chi connectivity index (χ3n) is 4.81. The second kappa shape index (κ2) is 2.05. The van der Waals surface area contributed by atoms with Crippen LogP contribution in [0.3, 0.4) is 0 Å². The molecule has 2 unspecified atom stereocenters. The highest BCUT2D eigenvalue weighted by Gasteiger charge is 2.65. The van der Waals surface area contributed by atoms with Crippen LogP contribution in [0.4, 0.5) is 0 Å². The van der Waals surface area contributed by atoms with E-state index in [2.05, 4.69) is 13.8 Å². The van der Waals surface area contributed by atoms with Crippen LogP contribution in [-0.4, -0.2) is 22.4 Å². The van der Waals surface area contributed by atoms with Gasteiger partial charge in [0.1, 0.15) is 0 Å². The molecule has 0 aromatic heterocycles. The van der Waals surface area contributed by atoms with Gasteiger partial charge in [0.25, 0.3) is 0 Å². The van der Waals surface area contributed by atoms with Gasteiger partial charge in [0.2, 0.25) is 0 Å². The monoisotopic (exact) mass is 170 g/mol. The molecule has 2 rings (SSSR count). The second-order valence-corrected chi connectivity index (χ2v) is 5.20. The molecule has 0 aromatic carbocycles. The fraction of sp³-hybridized carbons (Fsp3) is 1.00. The maximum Gasteiger partial charge on any atom is 0.0626 e. The van der Waals surface area contributed by atoms with Crippen molar-refractivity contribution in [1.82, 2.24) is 0 Å². The van der Waals surface area contributed by atoms with Crippen LogP contribution in [0.25, 0.3) is 0 Å². The highest BCUT2D eigenvalue weighted by atomic mass is 16.3. The van der Waals surface area contributed by atoms with Crippen molar-refractivity contribution in [3.05, 3.63) is 0 Å². The van der Waals surface area contributed by atoms with E-state index in [1.54, 1.807) is 0 Å². The van der Waals surface area contributed by atoms with Gasteiger partial charge in [-0.15, -0.1) is 0 Å². The first kappa shape index (κ1) is 8.52. The van der Waals surface area contributed by atoms with Crippen LogP contribution in [0.5, 0.6) is 0 Å². The zero-order chi connectivity index (χ0) is 9.15. The van der Waals surface area contributed by atoms with Gasteiger partial charge in [-0.1, -0.05) is 20.8 Å². The molecule has 0 radical (unpaired) electrons. The summed E-state index contributed by atoms with van der Waals surface area (Å²) in [6, 6.07) is 0. The number of rotatable bonds is 0. The van der Waals surface area contributed by atoms with Crippen LogP contribution in [0.15, 0.2) is 0 Å². The van der Waals surface area contributed by atoms with E-state index in [1.165, 1.54) is 0 Å². The van der Waals surface area contributed by atoms with Gasteiger partial charge in [-0.05, 0) is 24.2 Å². The Balaban J connectivity index is 2.44. The Labute approximate surface area is 73.6 Å². The summed E-state index contributed by atoms with van der Waals surface area (Å²) < 4.78 is 0. The topological polar surface area (TPSA) is 40.5 Å². The van der Waals surface area contributed by atoms with Gasteiger partial charge in [0, 0.05) is 5.41 Å². The Kier molecular flexibility index (Phi) is 1.45. The van der Waals surface area contributed by atoms with Crippen molar-refractivity contribution in [3.8, 4) is 0 Å². The molecule has 2 N–H and O–H groups in total. The first-order valence-electron chi connectivity index (χ1n) is 4.77. The molecule has 2 nitrogen and oxygen atoms in total. The molecule has 12 heavy (non-hydrogen) atoms. The van der Waals surface area contributed by atoms with Crippen molar-refractivity contribution in [2.24, 2.45) is 16.7 Å². The minimum atomic E-state index is -0.304. The van der Waals surface area contributed by atoms with Gasteiger partial charge in [-0.3, -0.25) is 0 Å². The van der Waals surface area contributed by atoms with Crippen molar-refractivity contribution in [2.45, 2.75) is 45.8 Å². The minimum Gasteiger partial charge on any atom is -0.392 e. The predicted octanol–water partition coefficient (Wildman–Crippen LogP) is 1.16. The first-order chi connectivity index (χ1) is 5.40. The summed E-state index contributed by atoms with van der Waals surface area (Å²) in [4.78, 5) is 0. The zero-order valence-corrected chi connectivity index (χ0v) is 8.04. The standard InChI is InChI=1S/C10H18O2/c1-9(2)6-4-7(11)10(9,3)8(12)5-6/h6-8,11-12H,4-5H2,1-3H3. The number of hydrogen-bond acceptors (Lipinski definition) is 2. The van der Waals surface area contributed by atoms with Crippen LogP contribution in [0, 0.1) is 16.7 Å². The fourth-order valence-corrected chi connectivity index (χ4v) is 3.23. The Bertz CT molecular complexity index is 198. The zero-order valence-electron chi connectivity index (χ0n) is 8.04. The van der Waals surface area contributed by atoms with Crippen molar-refractivity contribution in [3.63, 3.8) is 0 Å². The van der Waals surface area contributed by atoms with Gasteiger partial charge in [0.05, 0.1) is 12.2 Å². The first-order valence-corrected chi connectivity index (χ1v) is 4.77. The van der Waals surface area contributed by atoms with Crippen molar-refractivity contribution in [1.29, 1.82) is 0 Å². The van der Waals surface area contributed by atoms with Crippen LogP contribution >= 0.6 is 0 Å². The van der Waals surface area contributed by atoms with Crippen LogP contribution < -0.4 is 0 Å². The second-order valence-electron chi connectivity index (χ2n) is 5.20. The largest absolute Gasteiger partial charge is 0.392 e. The van der Waals surface area contributed by atoms with E-state index < -0.39 is 0 Å². The van der Waals surface area contributed by atoms with Gasteiger partial charge in [-0.25, -0.2) is 0 Å². The SMILES string of the molecule is CC1(C)C2CC(O)C1(C)C(O)C2. The average Bonchev–Trinajstić information content (AvgIpc) is 2.20.